The van der Waals surface area contributed by atoms with Gasteiger partial charge in [0.2, 0.25) is 5.91 Å². The third-order valence-corrected chi connectivity index (χ3v) is 4.50. The molecule has 1 amide bonds. The summed E-state index contributed by atoms with van der Waals surface area (Å²) < 4.78 is 1.50. The van der Waals surface area contributed by atoms with E-state index in [2.05, 4.69) is 4.98 Å². The average molecular weight is 364 g/mol. The van der Waals surface area contributed by atoms with Crippen molar-refractivity contribution in [3.05, 3.63) is 76.8 Å². The van der Waals surface area contributed by atoms with E-state index >= 15 is 0 Å². The number of nitrogens with two attached hydrogens (primary N) is 1. The second-order valence-electron chi connectivity index (χ2n) is 6.45. The Morgan fingerprint density at radius 1 is 1.07 bits per heavy atom. The smallest absolute Gasteiger partial charge is 0.261 e. The topological polar surface area (TPSA) is 81.2 Å². The molecule has 27 heavy (non-hydrogen) atoms. The van der Waals surface area contributed by atoms with Gasteiger partial charge in [0.05, 0.1) is 17.2 Å². The van der Waals surface area contributed by atoms with E-state index in [1.165, 1.54) is 10.9 Å². The molecule has 0 aliphatic rings. The van der Waals surface area contributed by atoms with Gasteiger partial charge >= 0.3 is 0 Å². The number of benzene rings is 2. The van der Waals surface area contributed by atoms with Crippen molar-refractivity contribution in [3.63, 3.8) is 0 Å². The first-order chi connectivity index (χ1) is 13.2. The molecule has 0 bridgehead atoms. The average Bonchev–Trinajstić information content (AvgIpc) is 2.71. The summed E-state index contributed by atoms with van der Waals surface area (Å²) >= 11 is 0. The summed E-state index contributed by atoms with van der Waals surface area (Å²) in [5.74, 6) is 0.00682. The Morgan fingerprint density at radius 3 is 2.59 bits per heavy atom. The highest BCUT2D eigenvalue weighted by Crippen LogP contribution is 2.08. The van der Waals surface area contributed by atoms with E-state index in [-0.39, 0.29) is 17.9 Å². The van der Waals surface area contributed by atoms with Gasteiger partial charge in [-0.25, -0.2) is 4.98 Å². The second-order valence-corrected chi connectivity index (χ2v) is 6.45. The summed E-state index contributed by atoms with van der Waals surface area (Å²) in [6.07, 6.45) is 2.51. The zero-order valence-electron chi connectivity index (χ0n) is 15.3. The second kappa shape index (κ2) is 9.09. The molecule has 0 unspecified atom stereocenters. The fraction of sp³-hybridized carbons (Fsp3) is 0.286. The van der Waals surface area contributed by atoms with Gasteiger partial charge in [0.15, 0.2) is 0 Å². The maximum Gasteiger partial charge on any atom is 0.261 e. The largest absolute Gasteiger partial charge is 0.338 e. The summed E-state index contributed by atoms with van der Waals surface area (Å²) in [6, 6.07) is 17.1. The van der Waals surface area contributed by atoms with Crippen molar-refractivity contribution in [3.8, 4) is 0 Å². The number of aromatic nitrogens is 2. The number of nitrogens with zero attached hydrogens (tertiary/aromatic N) is 3. The van der Waals surface area contributed by atoms with Crippen molar-refractivity contribution in [1.82, 2.24) is 14.5 Å². The van der Waals surface area contributed by atoms with Crippen LogP contribution in [0, 0.1) is 0 Å². The highest BCUT2D eigenvalue weighted by molar-refractivity contribution is 5.77. The van der Waals surface area contributed by atoms with Crippen LogP contribution >= 0.6 is 0 Å². The minimum atomic E-state index is -0.120. The minimum Gasteiger partial charge on any atom is -0.338 e. The molecule has 0 saturated carbocycles. The first kappa shape index (κ1) is 18.8. The first-order valence-electron chi connectivity index (χ1n) is 9.15. The standard InChI is InChI=1S/C21H24N4O2/c22-12-6-13-24(15-17-7-2-1-3-8-17)20(26)11-14-25-16-23-19-10-5-4-9-18(19)21(25)27/h1-5,7-10,16H,6,11-15,22H2. The molecule has 3 rings (SSSR count). The quantitative estimate of drug-likeness (QED) is 0.664. The van der Waals surface area contributed by atoms with Crippen LogP contribution in [-0.4, -0.2) is 33.4 Å². The lowest BCUT2D eigenvalue weighted by Gasteiger charge is -2.23. The highest BCUT2D eigenvalue weighted by atomic mass is 16.2. The molecule has 6 nitrogen and oxygen atoms in total. The van der Waals surface area contributed by atoms with Crippen LogP contribution in [0.1, 0.15) is 18.4 Å². The van der Waals surface area contributed by atoms with Crippen molar-refractivity contribution in [2.75, 3.05) is 13.1 Å². The van der Waals surface area contributed by atoms with E-state index in [4.69, 9.17) is 5.73 Å². The number of amides is 1. The van der Waals surface area contributed by atoms with Gasteiger partial charge in [0, 0.05) is 26.1 Å². The summed E-state index contributed by atoms with van der Waals surface area (Å²) in [6.45, 7) is 2.00. The molecule has 0 radical (unpaired) electrons. The molecule has 3 aromatic rings. The van der Waals surface area contributed by atoms with Crippen LogP contribution in [-0.2, 0) is 17.9 Å². The Labute approximate surface area is 158 Å². The molecule has 0 aliphatic carbocycles. The maximum absolute atomic E-state index is 12.8. The fourth-order valence-corrected chi connectivity index (χ4v) is 3.02. The fourth-order valence-electron chi connectivity index (χ4n) is 3.02. The number of aryl methyl sites for hydroxylation is 1. The van der Waals surface area contributed by atoms with Crippen molar-refractivity contribution in [1.29, 1.82) is 0 Å². The summed E-state index contributed by atoms with van der Waals surface area (Å²) in [4.78, 5) is 31.4. The number of hydrogen-bond acceptors (Lipinski definition) is 4. The molecule has 2 N–H and O–H groups in total. The van der Waals surface area contributed by atoms with Crippen LogP contribution in [0.3, 0.4) is 0 Å². The van der Waals surface area contributed by atoms with E-state index < -0.39 is 0 Å². The van der Waals surface area contributed by atoms with Gasteiger partial charge in [-0.05, 0) is 30.7 Å². The molecule has 2 aromatic carbocycles. The number of fused-ring (bicyclic) bond motifs is 1. The molecule has 0 saturated heterocycles. The van der Waals surface area contributed by atoms with Crippen LogP contribution in [0.15, 0.2) is 65.7 Å². The zero-order chi connectivity index (χ0) is 19.1. The zero-order valence-corrected chi connectivity index (χ0v) is 15.3. The Bertz CT molecular complexity index is 953. The molecular formula is C21H24N4O2. The predicted molar refractivity (Wildman–Crippen MR) is 106 cm³/mol. The normalized spacial score (nSPS) is 10.9. The van der Waals surface area contributed by atoms with Crippen LogP contribution < -0.4 is 11.3 Å². The summed E-state index contributed by atoms with van der Waals surface area (Å²) in [5, 5.41) is 0.566. The number of carbonyl (C=O) groups is 1. The summed E-state index contributed by atoms with van der Waals surface area (Å²) in [5.41, 5.74) is 7.24. The molecular weight excluding hydrogens is 340 g/mol. The minimum absolute atomic E-state index is 0.00682. The Morgan fingerprint density at radius 2 is 1.81 bits per heavy atom. The first-order valence-corrected chi connectivity index (χ1v) is 9.15. The van der Waals surface area contributed by atoms with Gasteiger partial charge in [0.1, 0.15) is 0 Å². The van der Waals surface area contributed by atoms with Crippen molar-refractivity contribution in [2.24, 2.45) is 5.73 Å². The molecule has 0 atom stereocenters. The van der Waals surface area contributed by atoms with Crippen molar-refractivity contribution in [2.45, 2.75) is 25.9 Å². The van der Waals surface area contributed by atoms with E-state index in [0.717, 1.165) is 12.0 Å². The van der Waals surface area contributed by atoms with Crippen LogP contribution in [0.5, 0.6) is 0 Å². The maximum atomic E-state index is 12.8. The van der Waals surface area contributed by atoms with Crippen LogP contribution in [0.2, 0.25) is 0 Å². The highest BCUT2D eigenvalue weighted by Gasteiger charge is 2.14. The Balaban J connectivity index is 1.70. The molecule has 140 valence electrons. The number of hydrogen-bond donors (Lipinski definition) is 1. The Hall–Kier alpha value is -2.99. The van der Waals surface area contributed by atoms with Crippen molar-refractivity contribution >= 4 is 16.8 Å². The monoisotopic (exact) mass is 364 g/mol. The molecule has 1 heterocycles. The van der Waals surface area contributed by atoms with Gasteiger partial charge in [-0.3, -0.25) is 14.2 Å². The van der Waals surface area contributed by atoms with Gasteiger partial charge < -0.3 is 10.6 Å². The number of carbonyl (C=O) groups excluding carboxylic acids is 1. The molecule has 0 spiro atoms. The van der Waals surface area contributed by atoms with E-state index in [1.54, 1.807) is 12.1 Å². The molecule has 0 aliphatic heterocycles. The molecule has 1 aromatic heterocycles. The molecule has 0 fully saturated rings. The lowest BCUT2D eigenvalue weighted by Crippen LogP contribution is -2.34. The van der Waals surface area contributed by atoms with Crippen LogP contribution in [0.25, 0.3) is 10.9 Å². The van der Waals surface area contributed by atoms with Gasteiger partial charge in [-0.15, -0.1) is 0 Å². The predicted octanol–water partition coefficient (Wildman–Crippen LogP) is 2.16. The SMILES string of the molecule is NCCCN(Cc1ccccc1)C(=O)CCn1cnc2ccccc2c1=O. The third-order valence-electron chi connectivity index (χ3n) is 4.50. The van der Waals surface area contributed by atoms with E-state index in [0.29, 0.717) is 37.1 Å². The summed E-state index contributed by atoms with van der Waals surface area (Å²) in [7, 11) is 0. The molecule has 6 heteroatoms. The lowest BCUT2D eigenvalue weighted by atomic mass is 10.2. The van der Waals surface area contributed by atoms with Gasteiger partial charge in [-0.2, -0.15) is 0 Å². The van der Waals surface area contributed by atoms with Gasteiger partial charge in [0.25, 0.3) is 5.56 Å². The van der Waals surface area contributed by atoms with E-state index in [1.807, 2.05) is 47.4 Å². The third kappa shape index (κ3) is 4.80. The van der Waals surface area contributed by atoms with Crippen LogP contribution in [0.4, 0.5) is 0 Å². The van der Waals surface area contributed by atoms with E-state index in [9.17, 15) is 9.59 Å². The lowest BCUT2D eigenvalue weighted by molar-refractivity contribution is -0.132. The van der Waals surface area contributed by atoms with Crippen molar-refractivity contribution < 1.29 is 4.79 Å². The van der Waals surface area contributed by atoms with Gasteiger partial charge in [-0.1, -0.05) is 42.5 Å². The Kier molecular flexibility index (Phi) is 6.33. The number of para-hydroxylation sites is 1. The number of rotatable bonds is 8.